The number of methoxy groups -OCH3 is 2. The number of esters is 1. The Morgan fingerprint density at radius 3 is 2.48 bits per heavy atom. The second-order valence-electron chi connectivity index (χ2n) is 6.14. The fourth-order valence-corrected chi connectivity index (χ4v) is 2.92. The van der Waals surface area contributed by atoms with Gasteiger partial charge in [0.1, 0.15) is 0 Å². The summed E-state index contributed by atoms with van der Waals surface area (Å²) < 4.78 is 26.5. The zero-order chi connectivity index (χ0) is 22.6. The normalized spacial score (nSPS) is 10.6. The number of carbonyl (C=O) groups excluding carboxylic acids is 1. The summed E-state index contributed by atoms with van der Waals surface area (Å²) in [6, 6.07) is 9.04. The van der Waals surface area contributed by atoms with Crippen LogP contribution in [-0.2, 0) is 16.1 Å². The minimum atomic E-state index is -0.481. The molecule has 0 atom stereocenters. The molecule has 0 aromatic heterocycles. The molecule has 0 spiro atoms. The van der Waals surface area contributed by atoms with Crippen molar-refractivity contribution in [2.45, 2.75) is 20.4 Å². The quantitative estimate of drug-likeness (QED) is 0.299. The van der Waals surface area contributed by atoms with Gasteiger partial charge in [-0.2, -0.15) is 5.10 Å². The van der Waals surface area contributed by atoms with Crippen LogP contribution in [0.2, 0.25) is 5.02 Å². The smallest absolute Gasteiger partial charge is 0.344 e. The maximum absolute atomic E-state index is 11.6. The Hall–Kier alpha value is -3.13. The summed E-state index contributed by atoms with van der Waals surface area (Å²) in [6.07, 6.45) is 1.62. The molecule has 0 saturated heterocycles. The largest absolute Gasteiger partial charge is 0.493 e. The van der Waals surface area contributed by atoms with Gasteiger partial charge in [-0.25, -0.2) is 4.79 Å². The van der Waals surface area contributed by atoms with Crippen molar-refractivity contribution in [2.75, 3.05) is 34.0 Å². The fourth-order valence-electron chi connectivity index (χ4n) is 2.65. The van der Waals surface area contributed by atoms with Gasteiger partial charge in [-0.3, -0.25) is 0 Å². The van der Waals surface area contributed by atoms with E-state index in [-0.39, 0.29) is 19.0 Å². The number of halogens is 1. The molecule has 31 heavy (non-hydrogen) atoms. The van der Waals surface area contributed by atoms with Gasteiger partial charge in [-0.15, -0.1) is 0 Å². The van der Waals surface area contributed by atoms with E-state index >= 15 is 0 Å². The molecule has 0 saturated carbocycles. The van der Waals surface area contributed by atoms with Gasteiger partial charge in [0.15, 0.2) is 29.6 Å². The van der Waals surface area contributed by atoms with Crippen LogP contribution in [-0.4, -0.2) is 46.2 Å². The van der Waals surface area contributed by atoms with E-state index in [1.54, 1.807) is 39.5 Å². The Labute approximate surface area is 187 Å². The Morgan fingerprint density at radius 2 is 1.81 bits per heavy atom. The average Bonchev–Trinajstić information content (AvgIpc) is 2.76. The summed E-state index contributed by atoms with van der Waals surface area (Å²) in [7, 11) is 3.18. The monoisotopic (exact) mass is 450 g/mol. The molecule has 168 valence electrons. The van der Waals surface area contributed by atoms with E-state index < -0.39 is 5.97 Å². The highest BCUT2D eigenvalue weighted by molar-refractivity contribution is 6.32. The highest BCUT2D eigenvalue weighted by Gasteiger charge is 2.14. The van der Waals surface area contributed by atoms with Gasteiger partial charge in [-0.1, -0.05) is 17.7 Å². The molecule has 0 amide bonds. The van der Waals surface area contributed by atoms with E-state index in [4.69, 9.17) is 35.3 Å². The van der Waals surface area contributed by atoms with E-state index in [0.29, 0.717) is 41.0 Å². The second kappa shape index (κ2) is 12.5. The van der Waals surface area contributed by atoms with Gasteiger partial charge < -0.3 is 29.1 Å². The first-order valence-corrected chi connectivity index (χ1v) is 10.1. The van der Waals surface area contributed by atoms with Crippen molar-refractivity contribution in [3.05, 3.63) is 46.5 Å². The predicted octanol–water partition coefficient (Wildman–Crippen LogP) is 3.82. The molecule has 2 rings (SSSR count). The summed E-state index contributed by atoms with van der Waals surface area (Å²) in [4.78, 5) is 11.6. The van der Waals surface area contributed by atoms with Crippen molar-refractivity contribution < 1.29 is 28.5 Å². The Bertz CT molecular complexity index is 904. The molecule has 0 aliphatic carbocycles. The van der Waals surface area contributed by atoms with E-state index in [0.717, 1.165) is 5.56 Å². The molecule has 0 aliphatic heterocycles. The summed E-state index contributed by atoms with van der Waals surface area (Å²) in [5.41, 5.74) is 4.66. The Balaban J connectivity index is 2.05. The highest BCUT2D eigenvalue weighted by atomic mass is 35.5. The van der Waals surface area contributed by atoms with Crippen LogP contribution in [0.3, 0.4) is 0 Å². The van der Waals surface area contributed by atoms with Gasteiger partial charge in [0.25, 0.3) is 0 Å². The lowest BCUT2D eigenvalue weighted by Gasteiger charge is -2.14. The summed E-state index contributed by atoms with van der Waals surface area (Å²) in [6.45, 7) is 4.49. The number of benzene rings is 2. The van der Waals surface area contributed by atoms with E-state index in [2.05, 4.69) is 10.5 Å². The lowest BCUT2D eigenvalue weighted by Crippen LogP contribution is -2.15. The Morgan fingerprint density at radius 1 is 1.03 bits per heavy atom. The number of carbonyl (C=O) groups is 1. The van der Waals surface area contributed by atoms with Crippen LogP contribution in [0.25, 0.3) is 0 Å². The van der Waals surface area contributed by atoms with Crippen LogP contribution in [0.5, 0.6) is 23.0 Å². The second-order valence-corrected chi connectivity index (χ2v) is 6.55. The van der Waals surface area contributed by atoms with Crippen molar-refractivity contribution in [3.8, 4) is 23.0 Å². The number of hydrazone groups is 1. The molecule has 0 unspecified atom stereocenters. The van der Waals surface area contributed by atoms with E-state index in [9.17, 15) is 4.79 Å². The molecule has 9 heteroatoms. The van der Waals surface area contributed by atoms with Crippen molar-refractivity contribution in [3.63, 3.8) is 0 Å². The maximum atomic E-state index is 11.6. The molecular formula is C22H27ClN2O6. The fraction of sp³-hybridized carbons (Fsp3) is 0.364. The number of rotatable bonds is 12. The predicted molar refractivity (Wildman–Crippen MR) is 119 cm³/mol. The van der Waals surface area contributed by atoms with Crippen molar-refractivity contribution in [1.82, 2.24) is 5.43 Å². The van der Waals surface area contributed by atoms with Gasteiger partial charge in [-0.05, 0) is 49.2 Å². The first kappa shape index (κ1) is 24.1. The number of nitrogens with one attached hydrogen (secondary N) is 1. The molecule has 2 aromatic rings. The topological polar surface area (TPSA) is 87.6 Å². The number of hydrogen-bond donors (Lipinski definition) is 1. The van der Waals surface area contributed by atoms with Gasteiger partial charge in [0.2, 0.25) is 0 Å². The van der Waals surface area contributed by atoms with Crippen molar-refractivity contribution in [2.24, 2.45) is 5.10 Å². The average molecular weight is 451 g/mol. The standard InChI is InChI=1S/C22H27ClN2O6/c1-5-29-20-11-16(9-17(23)22(20)31-14-21(26)30-6-2)13-25-24-12-15-7-8-18(27-3)19(10-15)28-4/h7-11,13,24H,5-6,12,14H2,1-4H3/b25-13+. The zero-order valence-corrected chi connectivity index (χ0v) is 18.8. The lowest BCUT2D eigenvalue weighted by atomic mass is 10.2. The van der Waals surface area contributed by atoms with Crippen LogP contribution in [0.4, 0.5) is 0 Å². The maximum Gasteiger partial charge on any atom is 0.344 e. The third-order valence-corrected chi connectivity index (χ3v) is 4.29. The minimum Gasteiger partial charge on any atom is -0.493 e. The first-order valence-electron chi connectivity index (χ1n) is 9.73. The van der Waals surface area contributed by atoms with E-state index in [1.165, 1.54) is 0 Å². The third kappa shape index (κ3) is 7.25. The van der Waals surface area contributed by atoms with Gasteiger partial charge >= 0.3 is 5.97 Å². The first-order chi connectivity index (χ1) is 15.0. The highest BCUT2D eigenvalue weighted by Crippen LogP contribution is 2.36. The molecule has 0 bridgehead atoms. The SMILES string of the molecule is CCOC(=O)COc1c(Cl)cc(/C=N/NCc2ccc(OC)c(OC)c2)cc1OCC. The molecule has 0 fully saturated rings. The van der Waals surface area contributed by atoms with E-state index in [1.807, 2.05) is 25.1 Å². The molecule has 0 heterocycles. The van der Waals surface area contributed by atoms with Gasteiger partial charge in [0.05, 0.1) is 45.2 Å². The van der Waals surface area contributed by atoms with Crippen molar-refractivity contribution >= 4 is 23.8 Å². The number of nitrogens with zero attached hydrogens (tertiary/aromatic N) is 1. The molecular weight excluding hydrogens is 424 g/mol. The number of ether oxygens (including phenoxy) is 5. The molecule has 0 radical (unpaired) electrons. The molecule has 0 aliphatic rings. The minimum absolute atomic E-state index is 0.256. The molecule has 2 aromatic carbocycles. The van der Waals surface area contributed by atoms with Crippen LogP contribution in [0.15, 0.2) is 35.4 Å². The zero-order valence-electron chi connectivity index (χ0n) is 18.1. The lowest BCUT2D eigenvalue weighted by molar-refractivity contribution is -0.145. The van der Waals surface area contributed by atoms with Crippen molar-refractivity contribution in [1.29, 1.82) is 0 Å². The molecule has 1 N–H and O–H groups in total. The third-order valence-electron chi connectivity index (χ3n) is 4.01. The van der Waals surface area contributed by atoms with Crippen LogP contribution in [0, 0.1) is 0 Å². The number of hydrogen-bond acceptors (Lipinski definition) is 8. The van der Waals surface area contributed by atoms with Gasteiger partial charge in [0, 0.05) is 0 Å². The van der Waals surface area contributed by atoms with Crippen LogP contribution in [0.1, 0.15) is 25.0 Å². The van der Waals surface area contributed by atoms with Crippen LogP contribution >= 0.6 is 11.6 Å². The summed E-state index contributed by atoms with van der Waals surface area (Å²) in [5, 5.41) is 4.53. The van der Waals surface area contributed by atoms with Crippen LogP contribution < -0.4 is 24.4 Å². The Kier molecular flexibility index (Phi) is 9.77. The summed E-state index contributed by atoms with van der Waals surface area (Å²) >= 11 is 6.34. The summed E-state index contributed by atoms with van der Waals surface area (Å²) in [5.74, 6) is 1.54. The molecule has 8 nitrogen and oxygen atoms in total.